The van der Waals surface area contributed by atoms with Crippen molar-refractivity contribution in [2.75, 3.05) is 25.1 Å². The lowest BCUT2D eigenvalue weighted by atomic mass is 9.87. The number of carboxylic acids is 1. The van der Waals surface area contributed by atoms with Crippen molar-refractivity contribution in [3.8, 4) is 5.75 Å². The van der Waals surface area contributed by atoms with Crippen molar-refractivity contribution >= 4 is 22.6 Å². The number of aromatic carboxylic acids is 1. The number of anilines is 1. The lowest BCUT2D eigenvalue weighted by molar-refractivity contribution is 0.0694. The van der Waals surface area contributed by atoms with Crippen LogP contribution in [0.2, 0.25) is 0 Å². The summed E-state index contributed by atoms with van der Waals surface area (Å²) in [6, 6.07) is 0.423. The van der Waals surface area contributed by atoms with Crippen LogP contribution < -0.4 is 20.8 Å². The molecule has 2 saturated carbocycles. The van der Waals surface area contributed by atoms with E-state index in [9.17, 15) is 19.1 Å². The van der Waals surface area contributed by atoms with Gasteiger partial charge in [0.25, 0.3) is 0 Å². The smallest absolute Gasteiger partial charge is 0.341 e. The maximum atomic E-state index is 15.3. The van der Waals surface area contributed by atoms with Crippen LogP contribution in [0.15, 0.2) is 17.1 Å². The summed E-state index contributed by atoms with van der Waals surface area (Å²) >= 11 is 0. The lowest BCUT2D eigenvalue weighted by Gasteiger charge is -2.26. The highest BCUT2D eigenvalue weighted by molar-refractivity contribution is 5.97. The van der Waals surface area contributed by atoms with Crippen LogP contribution in [-0.4, -0.2) is 47.6 Å². The minimum absolute atomic E-state index is 0.0766. The molecule has 160 valence electrons. The Balaban J connectivity index is 1.78. The number of nitrogens with two attached hydrogens (primary N) is 1. The summed E-state index contributed by atoms with van der Waals surface area (Å²) in [5.41, 5.74) is 4.98. The van der Waals surface area contributed by atoms with Gasteiger partial charge in [0.2, 0.25) is 5.43 Å². The fraction of sp³-hybridized carbons (Fsp3) is 0.524. The Morgan fingerprint density at radius 2 is 2.03 bits per heavy atom. The number of methoxy groups -OCH3 is 1. The SMILES string of the molecule is COc1c(N2CC3(CC3)[C@](C)(N)C2)c(F)cc2c(=O)c(C(=O)O)cn([C@@H]3C[C@@H]3F)c12. The number of hydrogen-bond acceptors (Lipinski definition) is 5. The monoisotopic (exact) mass is 419 g/mol. The Hall–Kier alpha value is -2.68. The molecule has 1 aromatic carbocycles. The molecule has 1 aliphatic heterocycles. The van der Waals surface area contributed by atoms with Gasteiger partial charge in [-0.25, -0.2) is 13.6 Å². The Kier molecular flexibility index (Phi) is 3.82. The van der Waals surface area contributed by atoms with E-state index in [2.05, 4.69) is 0 Å². The van der Waals surface area contributed by atoms with Gasteiger partial charge in [-0.1, -0.05) is 0 Å². The van der Waals surface area contributed by atoms with E-state index in [0.29, 0.717) is 13.1 Å². The quantitative estimate of drug-likeness (QED) is 0.790. The fourth-order valence-electron chi connectivity index (χ4n) is 4.99. The van der Waals surface area contributed by atoms with Crippen LogP contribution in [0.3, 0.4) is 0 Å². The maximum Gasteiger partial charge on any atom is 0.341 e. The fourth-order valence-corrected chi connectivity index (χ4v) is 4.99. The minimum atomic E-state index is -1.44. The molecule has 0 bridgehead atoms. The predicted octanol–water partition coefficient (Wildman–Crippen LogP) is 2.45. The van der Waals surface area contributed by atoms with Crippen molar-refractivity contribution in [2.45, 2.75) is 43.9 Å². The van der Waals surface area contributed by atoms with Crippen LogP contribution >= 0.6 is 0 Å². The highest BCUT2D eigenvalue weighted by Gasteiger charge is 2.61. The molecular formula is C21H23F2N3O4. The van der Waals surface area contributed by atoms with E-state index in [-0.39, 0.29) is 34.2 Å². The largest absolute Gasteiger partial charge is 0.492 e. The van der Waals surface area contributed by atoms with E-state index in [1.165, 1.54) is 11.7 Å². The summed E-state index contributed by atoms with van der Waals surface area (Å²) in [6.07, 6.45) is 2.10. The average molecular weight is 419 g/mol. The molecule has 2 heterocycles. The molecule has 0 radical (unpaired) electrons. The number of hydrogen-bond donors (Lipinski definition) is 2. The normalized spacial score (nSPS) is 28.9. The summed E-state index contributed by atoms with van der Waals surface area (Å²) in [5, 5.41) is 9.27. The molecule has 2 aromatic rings. The van der Waals surface area contributed by atoms with Crippen LogP contribution in [-0.2, 0) is 0 Å². The van der Waals surface area contributed by atoms with Crippen LogP contribution in [0, 0.1) is 11.2 Å². The summed E-state index contributed by atoms with van der Waals surface area (Å²) in [5.74, 6) is -2.03. The molecule has 1 spiro atoms. The molecule has 7 nitrogen and oxygen atoms in total. The number of halogens is 2. The first kappa shape index (κ1) is 19.3. The lowest BCUT2D eigenvalue weighted by Crippen LogP contribution is -2.45. The second kappa shape index (κ2) is 5.94. The van der Waals surface area contributed by atoms with Gasteiger partial charge in [0.15, 0.2) is 11.6 Å². The van der Waals surface area contributed by atoms with Crippen molar-refractivity contribution in [1.29, 1.82) is 0 Å². The van der Waals surface area contributed by atoms with Crippen molar-refractivity contribution < 1.29 is 23.4 Å². The number of carboxylic acid groups (broad SMARTS) is 1. The van der Waals surface area contributed by atoms with Crippen molar-refractivity contribution in [3.05, 3.63) is 33.9 Å². The molecular weight excluding hydrogens is 396 g/mol. The van der Waals surface area contributed by atoms with Gasteiger partial charge in [-0.2, -0.15) is 0 Å². The molecule has 3 fully saturated rings. The Labute approximate surface area is 171 Å². The molecule has 0 amide bonds. The van der Waals surface area contributed by atoms with Gasteiger partial charge in [-0.3, -0.25) is 4.79 Å². The number of fused-ring (bicyclic) bond motifs is 1. The predicted molar refractivity (Wildman–Crippen MR) is 107 cm³/mol. The van der Waals surface area contributed by atoms with Crippen molar-refractivity contribution in [1.82, 2.24) is 4.57 Å². The van der Waals surface area contributed by atoms with E-state index in [1.54, 1.807) is 0 Å². The maximum absolute atomic E-state index is 15.3. The third kappa shape index (κ3) is 2.50. The first-order valence-electron chi connectivity index (χ1n) is 9.97. The third-order valence-corrected chi connectivity index (χ3v) is 7.07. The Morgan fingerprint density at radius 1 is 1.37 bits per heavy atom. The van der Waals surface area contributed by atoms with Crippen molar-refractivity contribution in [3.63, 3.8) is 0 Å². The van der Waals surface area contributed by atoms with E-state index >= 15 is 4.39 Å². The minimum Gasteiger partial charge on any atom is -0.492 e. The van der Waals surface area contributed by atoms with E-state index in [4.69, 9.17) is 10.5 Å². The number of rotatable bonds is 4. The van der Waals surface area contributed by atoms with Crippen LogP contribution in [0.1, 0.15) is 42.6 Å². The molecule has 30 heavy (non-hydrogen) atoms. The Bertz CT molecular complexity index is 1150. The zero-order chi connectivity index (χ0) is 21.6. The first-order valence-corrected chi connectivity index (χ1v) is 9.97. The molecule has 9 heteroatoms. The molecule has 3 N–H and O–H groups in total. The number of nitrogens with zero attached hydrogens (tertiary/aromatic N) is 2. The van der Waals surface area contributed by atoms with Gasteiger partial charge in [-0.15, -0.1) is 0 Å². The zero-order valence-electron chi connectivity index (χ0n) is 16.7. The highest BCUT2D eigenvalue weighted by atomic mass is 19.1. The first-order chi connectivity index (χ1) is 14.1. The second-order valence-electron chi connectivity index (χ2n) is 9.09. The number of alkyl halides is 1. The van der Waals surface area contributed by atoms with E-state index in [1.807, 2.05) is 11.8 Å². The van der Waals surface area contributed by atoms with Crippen molar-refractivity contribution in [2.24, 2.45) is 11.1 Å². The van der Waals surface area contributed by atoms with Gasteiger partial charge in [-0.05, 0) is 25.8 Å². The standard InChI is InChI=1S/C21H23F2N3O4/c1-20(24)8-25(9-21(20)3-4-21)16-13(23)5-10-15(18(16)30-2)26(14-6-12(14)22)7-11(17(10)27)19(28)29/h5,7,12,14H,3-4,6,8-9,24H2,1-2H3,(H,28,29)/t12-,14+,20+/m0/s1. The van der Waals surface area contributed by atoms with Crippen LogP contribution in [0.25, 0.3) is 10.9 Å². The second-order valence-corrected chi connectivity index (χ2v) is 9.09. The van der Waals surface area contributed by atoms with Crippen LogP contribution in [0.4, 0.5) is 14.5 Å². The number of carbonyl (C=O) groups is 1. The number of pyridine rings is 1. The molecule has 1 saturated heterocycles. The summed E-state index contributed by atoms with van der Waals surface area (Å²) < 4.78 is 36.3. The number of ether oxygens (including phenoxy) is 1. The highest BCUT2D eigenvalue weighted by Crippen LogP contribution is 2.59. The van der Waals surface area contributed by atoms with Gasteiger partial charge in [0, 0.05) is 36.7 Å². The number of aromatic nitrogens is 1. The molecule has 3 atom stereocenters. The van der Waals surface area contributed by atoms with Gasteiger partial charge in [0.05, 0.1) is 24.1 Å². The summed E-state index contributed by atoms with van der Waals surface area (Å²) in [4.78, 5) is 26.2. The Morgan fingerprint density at radius 3 is 2.53 bits per heavy atom. The van der Waals surface area contributed by atoms with Gasteiger partial charge < -0.3 is 25.0 Å². The average Bonchev–Trinajstić information content (AvgIpc) is 3.57. The van der Waals surface area contributed by atoms with E-state index in [0.717, 1.165) is 25.1 Å². The zero-order valence-corrected chi connectivity index (χ0v) is 16.7. The van der Waals surface area contributed by atoms with Gasteiger partial charge >= 0.3 is 5.97 Å². The van der Waals surface area contributed by atoms with Crippen LogP contribution in [0.5, 0.6) is 5.75 Å². The molecule has 3 aliphatic rings. The molecule has 0 unspecified atom stereocenters. The van der Waals surface area contributed by atoms with Gasteiger partial charge in [0.1, 0.15) is 17.4 Å². The topological polar surface area (TPSA) is 97.8 Å². The molecule has 5 rings (SSSR count). The third-order valence-electron chi connectivity index (χ3n) is 7.07. The number of benzene rings is 1. The molecule has 1 aromatic heterocycles. The molecule has 2 aliphatic carbocycles. The summed E-state index contributed by atoms with van der Waals surface area (Å²) in [6.45, 7) is 2.93. The van der Waals surface area contributed by atoms with E-state index < -0.39 is 40.5 Å². The summed E-state index contributed by atoms with van der Waals surface area (Å²) in [7, 11) is 1.36.